The van der Waals surface area contributed by atoms with Crippen molar-refractivity contribution in [3.8, 4) is 16.4 Å². The van der Waals surface area contributed by atoms with Crippen molar-refractivity contribution < 1.29 is 19.6 Å². The number of carbonyl (C=O) groups excluding carboxylic acids is 1. The highest BCUT2D eigenvalue weighted by molar-refractivity contribution is 8.01. The van der Waals surface area contributed by atoms with E-state index >= 15 is 0 Å². The maximum absolute atomic E-state index is 12.4. The molecule has 0 radical (unpaired) electrons. The van der Waals surface area contributed by atoms with Crippen LogP contribution in [-0.2, 0) is 4.74 Å². The van der Waals surface area contributed by atoms with Crippen LogP contribution in [0.15, 0.2) is 22.4 Å². The van der Waals surface area contributed by atoms with Gasteiger partial charge in [0, 0.05) is 16.3 Å². The van der Waals surface area contributed by atoms with Crippen LogP contribution in [0.5, 0.6) is 0 Å². The van der Waals surface area contributed by atoms with Crippen molar-refractivity contribution in [2.75, 3.05) is 7.11 Å². The predicted molar refractivity (Wildman–Crippen MR) is 122 cm³/mol. The van der Waals surface area contributed by atoms with Crippen molar-refractivity contribution in [3.63, 3.8) is 0 Å². The van der Waals surface area contributed by atoms with E-state index in [1.165, 1.54) is 23.1 Å². The molecule has 3 aromatic rings. The molecule has 30 heavy (non-hydrogen) atoms. The summed E-state index contributed by atoms with van der Waals surface area (Å²) in [5, 5.41) is 25.3. The number of aryl methyl sites for hydroxylation is 1. The van der Waals surface area contributed by atoms with Crippen LogP contribution in [0.25, 0.3) is 16.4 Å². The number of aromatic nitrogens is 3. The Kier molecular flexibility index (Phi) is 7.16. The quantitative estimate of drug-likeness (QED) is 0.313. The molecule has 3 rings (SSSR count). The maximum atomic E-state index is 12.4. The van der Waals surface area contributed by atoms with Crippen LogP contribution >= 0.6 is 46.3 Å². The molecule has 0 aliphatic rings. The highest BCUT2D eigenvalue weighted by Crippen LogP contribution is 2.41. The van der Waals surface area contributed by atoms with Crippen LogP contribution in [0, 0.1) is 6.92 Å². The lowest BCUT2D eigenvalue weighted by Gasteiger charge is -2.05. The average molecular weight is 486 g/mol. The van der Waals surface area contributed by atoms with E-state index in [1.54, 1.807) is 30.8 Å². The van der Waals surface area contributed by atoms with E-state index in [2.05, 4.69) is 18.9 Å². The summed E-state index contributed by atoms with van der Waals surface area (Å²) in [7, 11) is -0.669. The fourth-order valence-electron chi connectivity index (χ4n) is 2.79. The molecule has 2 aromatic heterocycles. The lowest BCUT2D eigenvalue weighted by molar-refractivity contribution is 0.0591. The summed E-state index contributed by atoms with van der Waals surface area (Å²) in [6.45, 7) is 5.69. The Morgan fingerprint density at radius 1 is 1.30 bits per heavy atom. The highest BCUT2D eigenvalue weighted by atomic mass is 35.5. The molecule has 0 saturated carbocycles. The maximum Gasteiger partial charge on any atom is 0.492 e. The third kappa shape index (κ3) is 4.53. The molecule has 0 spiro atoms. The van der Waals surface area contributed by atoms with Crippen LogP contribution in [0.3, 0.4) is 0 Å². The first kappa shape index (κ1) is 23.1. The van der Waals surface area contributed by atoms with Gasteiger partial charge in [-0.15, -0.1) is 11.8 Å². The third-order valence-corrected chi connectivity index (χ3v) is 7.03. The van der Waals surface area contributed by atoms with Gasteiger partial charge in [0.1, 0.15) is 0 Å². The molecule has 1 aromatic carbocycles. The Morgan fingerprint density at radius 3 is 2.57 bits per heavy atom. The zero-order valence-corrected chi connectivity index (χ0v) is 19.7. The molecule has 0 unspecified atom stereocenters. The molecular weight excluding hydrogens is 468 g/mol. The zero-order chi connectivity index (χ0) is 22.2. The third-order valence-electron chi connectivity index (χ3n) is 4.05. The van der Waals surface area contributed by atoms with Gasteiger partial charge in [0.15, 0.2) is 5.69 Å². The lowest BCUT2D eigenvalue weighted by Crippen LogP contribution is -2.36. The molecule has 7 nitrogen and oxygen atoms in total. The summed E-state index contributed by atoms with van der Waals surface area (Å²) in [5.74, 6) is -0.747. The summed E-state index contributed by atoms with van der Waals surface area (Å²) in [6, 6.07) is 5.24. The van der Waals surface area contributed by atoms with Gasteiger partial charge in [0.2, 0.25) is 5.13 Å². The SMILES string of the molecule is COC(=O)c1c(B(O)O)c(C)nn1-c1nc(-c2ccc(Cl)c(Cl)c2)c(SC(C)C)s1. The Labute approximate surface area is 192 Å². The summed E-state index contributed by atoms with van der Waals surface area (Å²) in [4.78, 5) is 17.1. The minimum absolute atomic E-state index is 0.0220. The Hall–Kier alpha value is -1.56. The smallest absolute Gasteiger partial charge is 0.464 e. The number of methoxy groups -OCH3 is 1. The van der Waals surface area contributed by atoms with E-state index in [0.29, 0.717) is 20.9 Å². The summed E-state index contributed by atoms with van der Waals surface area (Å²) < 4.78 is 7.02. The van der Waals surface area contributed by atoms with Crippen molar-refractivity contribution >= 4 is 64.9 Å². The first-order valence-corrected chi connectivity index (χ1v) is 11.3. The first-order valence-electron chi connectivity index (χ1n) is 8.81. The summed E-state index contributed by atoms with van der Waals surface area (Å²) >= 11 is 15.2. The van der Waals surface area contributed by atoms with Gasteiger partial charge in [0.25, 0.3) is 0 Å². The summed E-state index contributed by atoms with van der Waals surface area (Å²) in [6.07, 6.45) is 0. The topological polar surface area (TPSA) is 97.5 Å². The van der Waals surface area contributed by atoms with E-state index in [0.717, 1.165) is 9.77 Å². The Morgan fingerprint density at radius 2 is 2.00 bits per heavy atom. The van der Waals surface area contributed by atoms with E-state index in [4.69, 9.17) is 32.9 Å². The van der Waals surface area contributed by atoms with E-state index in [1.807, 2.05) is 6.07 Å². The summed E-state index contributed by atoms with van der Waals surface area (Å²) in [5.41, 5.74) is 1.62. The Balaban J connectivity index is 2.23. The van der Waals surface area contributed by atoms with Gasteiger partial charge >= 0.3 is 13.1 Å². The second-order valence-electron chi connectivity index (χ2n) is 6.55. The molecule has 0 saturated heterocycles. The number of benzene rings is 1. The second-order valence-corrected chi connectivity index (χ2v) is 10.2. The van der Waals surface area contributed by atoms with Crippen molar-refractivity contribution in [3.05, 3.63) is 39.6 Å². The standard InChI is InChI=1S/C18H18BCl2N3O4S2/c1-8(2)29-17-14(10-5-6-11(20)12(21)7-10)22-18(30-17)24-15(16(25)28-4)13(19(26)27)9(3)23-24/h5-8,26-27H,1-4H3. The molecule has 0 amide bonds. The first-order chi connectivity index (χ1) is 14.1. The molecule has 0 aliphatic carbocycles. The zero-order valence-electron chi connectivity index (χ0n) is 16.5. The van der Waals surface area contributed by atoms with Crippen molar-refractivity contribution in [2.45, 2.75) is 30.2 Å². The molecule has 12 heteroatoms. The highest BCUT2D eigenvalue weighted by Gasteiger charge is 2.32. The average Bonchev–Trinajstić information content (AvgIpc) is 3.23. The normalized spacial score (nSPS) is 11.2. The van der Waals surface area contributed by atoms with Gasteiger partial charge in [0.05, 0.1) is 32.8 Å². The van der Waals surface area contributed by atoms with Crippen LogP contribution < -0.4 is 5.46 Å². The molecule has 2 heterocycles. The molecule has 0 atom stereocenters. The molecular formula is C18H18BCl2N3O4S2. The number of ether oxygens (including phenoxy) is 1. The molecule has 0 bridgehead atoms. The second kappa shape index (κ2) is 9.29. The molecule has 0 aliphatic heterocycles. The minimum Gasteiger partial charge on any atom is -0.464 e. The number of halogens is 2. The number of carbonyl (C=O) groups is 1. The Bertz CT molecular complexity index is 1100. The number of thiazole rings is 1. The number of rotatable bonds is 6. The van der Waals surface area contributed by atoms with Crippen molar-refractivity contribution in [1.29, 1.82) is 0 Å². The fourth-order valence-corrected chi connectivity index (χ4v) is 5.56. The van der Waals surface area contributed by atoms with Crippen molar-refractivity contribution in [2.24, 2.45) is 0 Å². The van der Waals surface area contributed by atoms with Gasteiger partial charge in [-0.1, -0.05) is 54.5 Å². The number of thioether (sulfide) groups is 1. The molecule has 158 valence electrons. The largest absolute Gasteiger partial charge is 0.492 e. The number of esters is 1. The number of hydrogen-bond acceptors (Lipinski definition) is 8. The van der Waals surface area contributed by atoms with Crippen LogP contribution in [-0.4, -0.2) is 50.3 Å². The van der Waals surface area contributed by atoms with Crippen LogP contribution in [0.2, 0.25) is 10.0 Å². The van der Waals surface area contributed by atoms with Gasteiger partial charge in [-0.3, -0.25) is 0 Å². The monoisotopic (exact) mass is 485 g/mol. The van der Waals surface area contributed by atoms with Crippen LogP contribution in [0.4, 0.5) is 0 Å². The van der Waals surface area contributed by atoms with Gasteiger partial charge < -0.3 is 14.8 Å². The lowest BCUT2D eigenvalue weighted by atomic mass is 9.78. The van der Waals surface area contributed by atoms with E-state index < -0.39 is 13.1 Å². The number of nitrogens with zero attached hydrogens (tertiary/aromatic N) is 3. The fraction of sp³-hybridized carbons (Fsp3) is 0.278. The van der Waals surface area contributed by atoms with Gasteiger partial charge in [-0.2, -0.15) is 9.78 Å². The minimum atomic E-state index is -1.88. The predicted octanol–water partition coefficient (Wildman–Crippen LogP) is 3.58. The van der Waals surface area contributed by atoms with Crippen LogP contribution in [0.1, 0.15) is 30.0 Å². The number of hydrogen-bond donors (Lipinski definition) is 2. The molecule has 2 N–H and O–H groups in total. The van der Waals surface area contributed by atoms with E-state index in [9.17, 15) is 14.8 Å². The van der Waals surface area contributed by atoms with Gasteiger partial charge in [-0.05, 0) is 19.1 Å². The van der Waals surface area contributed by atoms with E-state index in [-0.39, 0.29) is 22.1 Å². The van der Waals surface area contributed by atoms with Crippen molar-refractivity contribution in [1.82, 2.24) is 14.8 Å². The molecule has 0 fully saturated rings. The van der Waals surface area contributed by atoms with Gasteiger partial charge in [-0.25, -0.2) is 9.78 Å².